The van der Waals surface area contributed by atoms with Crippen LogP contribution >= 0.6 is 0 Å². The summed E-state index contributed by atoms with van der Waals surface area (Å²) in [4.78, 5) is 4.33. The molecule has 0 saturated heterocycles. The van der Waals surface area contributed by atoms with Crippen molar-refractivity contribution < 1.29 is 0 Å². The minimum absolute atomic E-state index is 0.609. The van der Waals surface area contributed by atoms with Crippen molar-refractivity contribution in [2.45, 2.75) is 13.5 Å². The van der Waals surface area contributed by atoms with Crippen molar-refractivity contribution in [2.75, 3.05) is 11.1 Å². The number of aryl methyl sites for hydroxylation is 1. The number of hydrogen-bond donors (Lipinski definition) is 2. The lowest BCUT2D eigenvalue weighted by atomic mass is 10.2. The predicted molar refractivity (Wildman–Crippen MR) is 71.9 cm³/mol. The zero-order valence-corrected chi connectivity index (χ0v) is 10.1. The number of nitriles is 1. The molecule has 0 amide bonds. The Morgan fingerprint density at radius 1 is 1.33 bits per heavy atom. The van der Waals surface area contributed by atoms with Gasteiger partial charge >= 0.3 is 0 Å². The molecule has 0 aliphatic heterocycles. The highest BCUT2D eigenvalue weighted by atomic mass is 15.0. The molecular weight excluding hydrogens is 224 g/mol. The van der Waals surface area contributed by atoms with Crippen LogP contribution in [0.1, 0.15) is 16.8 Å². The molecule has 1 aromatic heterocycles. The summed E-state index contributed by atoms with van der Waals surface area (Å²) in [5.74, 6) is 0.703. The molecule has 0 bridgehead atoms. The van der Waals surface area contributed by atoms with Crippen LogP contribution in [0.25, 0.3) is 0 Å². The van der Waals surface area contributed by atoms with E-state index in [1.807, 2.05) is 31.2 Å². The van der Waals surface area contributed by atoms with Crippen LogP contribution in [-0.4, -0.2) is 4.98 Å². The fourth-order valence-electron chi connectivity index (χ4n) is 1.72. The number of rotatable bonds is 3. The molecule has 0 spiro atoms. The zero-order valence-electron chi connectivity index (χ0n) is 10.1. The minimum Gasteiger partial charge on any atom is -0.399 e. The first-order chi connectivity index (χ1) is 8.67. The maximum atomic E-state index is 8.89. The molecule has 4 heteroatoms. The Morgan fingerprint density at radius 2 is 2.17 bits per heavy atom. The van der Waals surface area contributed by atoms with Gasteiger partial charge in [-0.2, -0.15) is 5.26 Å². The normalized spacial score (nSPS) is 9.78. The van der Waals surface area contributed by atoms with Crippen molar-refractivity contribution in [3.63, 3.8) is 0 Å². The maximum Gasteiger partial charge on any atom is 0.127 e. The topological polar surface area (TPSA) is 74.7 Å². The molecule has 0 atom stereocenters. The van der Waals surface area contributed by atoms with Gasteiger partial charge in [0.1, 0.15) is 5.82 Å². The number of aromatic nitrogens is 1. The second-order valence-corrected chi connectivity index (χ2v) is 4.09. The minimum atomic E-state index is 0.609. The number of hydrogen-bond acceptors (Lipinski definition) is 4. The van der Waals surface area contributed by atoms with E-state index in [4.69, 9.17) is 11.0 Å². The van der Waals surface area contributed by atoms with Crippen LogP contribution in [-0.2, 0) is 6.54 Å². The van der Waals surface area contributed by atoms with Gasteiger partial charge in [-0.05, 0) is 36.8 Å². The van der Waals surface area contributed by atoms with Crippen LogP contribution in [0.15, 0.2) is 36.4 Å². The molecule has 0 unspecified atom stereocenters. The van der Waals surface area contributed by atoms with E-state index in [2.05, 4.69) is 16.4 Å². The van der Waals surface area contributed by atoms with E-state index in [1.165, 1.54) is 0 Å². The van der Waals surface area contributed by atoms with Crippen molar-refractivity contribution in [3.05, 3.63) is 53.2 Å². The predicted octanol–water partition coefficient (Wildman–Crippen LogP) is 2.46. The lowest BCUT2D eigenvalue weighted by Gasteiger charge is -2.07. The number of pyridine rings is 1. The number of anilines is 2. The molecule has 2 rings (SSSR count). The van der Waals surface area contributed by atoms with Crippen molar-refractivity contribution >= 4 is 11.5 Å². The third-order valence-corrected chi connectivity index (χ3v) is 2.51. The number of nitrogen functional groups attached to an aromatic ring is 1. The fraction of sp³-hybridized carbons (Fsp3) is 0.143. The van der Waals surface area contributed by atoms with Crippen LogP contribution in [0.4, 0.5) is 11.5 Å². The second kappa shape index (κ2) is 5.19. The van der Waals surface area contributed by atoms with Gasteiger partial charge in [-0.1, -0.05) is 12.1 Å². The highest BCUT2D eigenvalue weighted by molar-refractivity contribution is 5.46. The smallest absolute Gasteiger partial charge is 0.127 e. The molecule has 1 heterocycles. The first kappa shape index (κ1) is 11.9. The second-order valence-electron chi connectivity index (χ2n) is 4.09. The lowest BCUT2D eigenvalue weighted by molar-refractivity contribution is 1.09. The summed E-state index contributed by atoms with van der Waals surface area (Å²) in [6.45, 7) is 2.50. The highest BCUT2D eigenvalue weighted by Gasteiger charge is 2.00. The number of nitrogens with one attached hydrogen (secondary N) is 1. The molecule has 3 N–H and O–H groups in total. The Bertz CT molecular complexity index is 599. The van der Waals surface area contributed by atoms with Crippen LogP contribution in [0.3, 0.4) is 0 Å². The maximum absolute atomic E-state index is 8.89. The monoisotopic (exact) mass is 238 g/mol. The van der Waals surface area contributed by atoms with Gasteiger partial charge in [0, 0.05) is 17.9 Å². The molecule has 90 valence electrons. The van der Waals surface area contributed by atoms with E-state index in [0.717, 1.165) is 16.9 Å². The Kier molecular flexibility index (Phi) is 3.44. The number of benzene rings is 1. The van der Waals surface area contributed by atoms with Gasteiger partial charge in [-0.3, -0.25) is 0 Å². The summed E-state index contributed by atoms with van der Waals surface area (Å²) < 4.78 is 0. The standard InChI is InChI=1S/C14H14N4/c1-10-5-12(8-15)7-14(18-10)17-9-11-3-2-4-13(16)6-11/h2-7H,9,16H2,1H3,(H,17,18). The van der Waals surface area contributed by atoms with Crippen molar-refractivity contribution in [3.8, 4) is 6.07 Å². The van der Waals surface area contributed by atoms with Gasteiger partial charge in [0.25, 0.3) is 0 Å². The highest BCUT2D eigenvalue weighted by Crippen LogP contribution is 2.12. The number of nitrogens with zero attached hydrogens (tertiary/aromatic N) is 2. The summed E-state index contributed by atoms with van der Waals surface area (Å²) >= 11 is 0. The molecule has 18 heavy (non-hydrogen) atoms. The summed E-state index contributed by atoms with van der Waals surface area (Å²) in [6.07, 6.45) is 0. The zero-order chi connectivity index (χ0) is 13.0. The van der Waals surface area contributed by atoms with Gasteiger partial charge in [-0.15, -0.1) is 0 Å². The third kappa shape index (κ3) is 2.98. The van der Waals surface area contributed by atoms with Crippen molar-refractivity contribution in [1.82, 2.24) is 4.98 Å². The van der Waals surface area contributed by atoms with E-state index >= 15 is 0 Å². The SMILES string of the molecule is Cc1cc(C#N)cc(NCc2cccc(N)c2)n1. The molecular formula is C14H14N4. The molecule has 0 fully saturated rings. The molecule has 0 saturated carbocycles. The van der Waals surface area contributed by atoms with Crippen LogP contribution in [0.5, 0.6) is 0 Å². The molecule has 0 aliphatic carbocycles. The van der Waals surface area contributed by atoms with Crippen molar-refractivity contribution in [1.29, 1.82) is 5.26 Å². The average molecular weight is 238 g/mol. The largest absolute Gasteiger partial charge is 0.399 e. The molecule has 2 aromatic rings. The van der Waals surface area contributed by atoms with Crippen LogP contribution in [0.2, 0.25) is 0 Å². The first-order valence-electron chi connectivity index (χ1n) is 5.64. The fourth-order valence-corrected chi connectivity index (χ4v) is 1.72. The molecule has 1 aromatic carbocycles. The van der Waals surface area contributed by atoms with Crippen LogP contribution < -0.4 is 11.1 Å². The van der Waals surface area contributed by atoms with Gasteiger partial charge in [0.05, 0.1) is 11.6 Å². The van der Waals surface area contributed by atoms with E-state index in [9.17, 15) is 0 Å². The Morgan fingerprint density at radius 3 is 2.89 bits per heavy atom. The van der Waals surface area contributed by atoms with Crippen LogP contribution in [0, 0.1) is 18.3 Å². The summed E-state index contributed by atoms with van der Waals surface area (Å²) in [6, 6.07) is 13.3. The van der Waals surface area contributed by atoms with Gasteiger partial charge < -0.3 is 11.1 Å². The summed E-state index contributed by atoms with van der Waals surface area (Å²) in [7, 11) is 0. The average Bonchev–Trinajstić information content (AvgIpc) is 2.36. The van der Waals surface area contributed by atoms with E-state index in [0.29, 0.717) is 17.9 Å². The van der Waals surface area contributed by atoms with Gasteiger partial charge in [-0.25, -0.2) is 4.98 Å². The third-order valence-electron chi connectivity index (χ3n) is 2.51. The molecule has 0 radical (unpaired) electrons. The summed E-state index contributed by atoms with van der Waals surface area (Å²) in [5.41, 5.74) is 8.96. The Labute approximate surface area is 106 Å². The van der Waals surface area contributed by atoms with Crippen molar-refractivity contribution in [2.24, 2.45) is 0 Å². The first-order valence-corrected chi connectivity index (χ1v) is 5.64. The van der Waals surface area contributed by atoms with E-state index in [-0.39, 0.29) is 0 Å². The quantitative estimate of drug-likeness (QED) is 0.805. The Balaban J connectivity index is 2.11. The van der Waals surface area contributed by atoms with E-state index < -0.39 is 0 Å². The lowest BCUT2D eigenvalue weighted by Crippen LogP contribution is -2.03. The Hall–Kier alpha value is -2.54. The van der Waals surface area contributed by atoms with E-state index in [1.54, 1.807) is 12.1 Å². The van der Waals surface area contributed by atoms with Gasteiger partial charge in [0.2, 0.25) is 0 Å². The van der Waals surface area contributed by atoms with Gasteiger partial charge in [0.15, 0.2) is 0 Å². The molecule has 0 aliphatic rings. The molecule has 4 nitrogen and oxygen atoms in total. The number of nitrogens with two attached hydrogens (primary N) is 1. The summed E-state index contributed by atoms with van der Waals surface area (Å²) in [5, 5.41) is 12.1.